The van der Waals surface area contributed by atoms with Gasteiger partial charge in [-0.3, -0.25) is 4.79 Å². The number of hydrogen-bond acceptors (Lipinski definition) is 2. The van der Waals surface area contributed by atoms with Crippen molar-refractivity contribution in [3.05, 3.63) is 48.2 Å². The Morgan fingerprint density at radius 2 is 2.06 bits per heavy atom. The van der Waals surface area contributed by atoms with Gasteiger partial charge in [-0.15, -0.1) is 0 Å². The Balaban J connectivity index is 1.64. The van der Waals surface area contributed by atoms with E-state index in [1.807, 2.05) is 30.3 Å². The van der Waals surface area contributed by atoms with Crippen molar-refractivity contribution < 1.29 is 9.21 Å². The molecule has 0 bridgehead atoms. The van der Waals surface area contributed by atoms with Gasteiger partial charge in [-0.25, -0.2) is 0 Å². The van der Waals surface area contributed by atoms with Gasteiger partial charge in [0.15, 0.2) is 0 Å². The van der Waals surface area contributed by atoms with E-state index in [2.05, 4.69) is 17.5 Å². The molecule has 2 aromatic rings. The van der Waals surface area contributed by atoms with Gasteiger partial charge in [0, 0.05) is 11.3 Å². The molecule has 1 N–H and O–H groups in total. The molecule has 1 aromatic heterocycles. The van der Waals surface area contributed by atoms with Gasteiger partial charge < -0.3 is 9.73 Å². The highest BCUT2D eigenvalue weighted by atomic mass is 16.3. The number of furan rings is 1. The Bertz CT molecular complexity index is 556. The maximum Gasteiger partial charge on any atom is 0.224 e. The van der Waals surface area contributed by atoms with Crippen LogP contribution in [0.1, 0.15) is 18.6 Å². The second-order valence-corrected chi connectivity index (χ2v) is 4.61. The van der Waals surface area contributed by atoms with Gasteiger partial charge in [0.1, 0.15) is 11.3 Å². The number of fused-ring (bicyclic) bond motifs is 1. The van der Waals surface area contributed by atoms with E-state index in [4.69, 9.17) is 4.42 Å². The van der Waals surface area contributed by atoms with Gasteiger partial charge in [0.05, 0.1) is 6.54 Å². The van der Waals surface area contributed by atoms with E-state index < -0.39 is 0 Å². The molecule has 3 nitrogen and oxygen atoms in total. The molecule has 3 rings (SSSR count). The largest absolute Gasteiger partial charge is 0.459 e. The van der Waals surface area contributed by atoms with Crippen molar-refractivity contribution in [1.82, 2.24) is 5.32 Å². The highest BCUT2D eigenvalue weighted by molar-refractivity contribution is 5.80. The van der Waals surface area contributed by atoms with Crippen molar-refractivity contribution in [2.45, 2.75) is 19.4 Å². The molecule has 92 valence electrons. The van der Waals surface area contributed by atoms with Crippen LogP contribution in [0.5, 0.6) is 0 Å². The monoisotopic (exact) mass is 241 g/mol. The van der Waals surface area contributed by atoms with Gasteiger partial charge in [0.2, 0.25) is 5.91 Å². The third-order valence-electron chi connectivity index (χ3n) is 3.29. The molecule has 3 heteroatoms. The topological polar surface area (TPSA) is 42.2 Å². The van der Waals surface area contributed by atoms with Crippen molar-refractivity contribution in [3.8, 4) is 0 Å². The molecule has 0 fully saturated rings. The first-order valence-electron chi connectivity index (χ1n) is 6.23. The number of carbonyl (C=O) groups excluding carboxylic acids is 1. The fraction of sp³-hybridized carbons (Fsp3) is 0.267. The number of rotatable bonds is 3. The number of amides is 1. The molecule has 0 aliphatic heterocycles. The molecular formula is C15H15NO2. The van der Waals surface area contributed by atoms with Crippen molar-refractivity contribution >= 4 is 16.9 Å². The van der Waals surface area contributed by atoms with Crippen LogP contribution in [0.25, 0.3) is 11.0 Å². The van der Waals surface area contributed by atoms with E-state index in [1.54, 1.807) is 0 Å². The van der Waals surface area contributed by atoms with Crippen molar-refractivity contribution in [1.29, 1.82) is 0 Å². The van der Waals surface area contributed by atoms with Gasteiger partial charge in [-0.2, -0.15) is 0 Å². The van der Waals surface area contributed by atoms with Crippen LogP contribution >= 0.6 is 0 Å². The third kappa shape index (κ3) is 2.16. The molecule has 1 aromatic carbocycles. The van der Waals surface area contributed by atoms with Crippen molar-refractivity contribution in [3.63, 3.8) is 0 Å². The molecule has 0 saturated heterocycles. The average Bonchev–Trinajstić information content (AvgIpc) is 3.04. The van der Waals surface area contributed by atoms with Crippen LogP contribution < -0.4 is 5.32 Å². The predicted molar refractivity (Wildman–Crippen MR) is 69.9 cm³/mol. The molecule has 18 heavy (non-hydrogen) atoms. The molecule has 0 saturated carbocycles. The van der Waals surface area contributed by atoms with Crippen molar-refractivity contribution in [2.75, 3.05) is 0 Å². The van der Waals surface area contributed by atoms with Crippen LogP contribution in [-0.4, -0.2) is 5.91 Å². The second kappa shape index (κ2) is 4.69. The van der Waals surface area contributed by atoms with Gasteiger partial charge in [0.25, 0.3) is 0 Å². The molecule has 0 atom stereocenters. The average molecular weight is 241 g/mol. The van der Waals surface area contributed by atoms with E-state index >= 15 is 0 Å². The number of hydrogen-bond donors (Lipinski definition) is 1. The zero-order chi connectivity index (χ0) is 12.4. The Morgan fingerprint density at radius 1 is 1.28 bits per heavy atom. The summed E-state index contributed by atoms with van der Waals surface area (Å²) < 4.78 is 5.65. The van der Waals surface area contributed by atoms with Crippen LogP contribution in [0.2, 0.25) is 0 Å². The van der Waals surface area contributed by atoms with Crippen LogP contribution in [0.4, 0.5) is 0 Å². The molecule has 1 aliphatic rings. The number of allylic oxidation sites excluding steroid dienone is 2. The molecule has 1 heterocycles. The minimum Gasteiger partial charge on any atom is -0.459 e. The highest BCUT2D eigenvalue weighted by Gasteiger charge is 2.18. The second-order valence-electron chi connectivity index (χ2n) is 4.61. The highest BCUT2D eigenvalue weighted by Crippen LogP contribution is 2.20. The summed E-state index contributed by atoms with van der Waals surface area (Å²) in [4.78, 5) is 11.8. The standard InChI is InChI=1S/C15H15NO2/c17-15(11-5-1-2-6-11)16-10-13-9-12-7-3-4-8-14(12)18-13/h1-4,7-9,11H,5-6,10H2,(H,16,17). The number of carbonyl (C=O) groups is 1. The Kier molecular flexibility index (Phi) is 2.89. The van der Waals surface area contributed by atoms with E-state index in [0.29, 0.717) is 6.54 Å². The summed E-state index contributed by atoms with van der Waals surface area (Å²) in [5.41, 5.74) is 0.865. The fourth-order valence-electron chi connectivity index (χ4n) is 2.27. The van der Waals surface area contributed by atoms with E-state index in [1.165, 1.54) is 0 Å². The van der Waals surface area contributed by atoms with Gasteiger partial charge in [-0.1, -0.05) is 30.4 Å². The molecule has 0 spiro atoms. The van der Waals surface area contributed by atoms with Crippen LogP contribution in [0.3, 0.4) is 0 Å². The van der Waals surface area contributed by atoms with Crippen LogP contribution in [0, 0.1) is 5.92 Å². The zero-order valence-corrected chi connectivity index (χ0v) is 10.1. The summed E-state index contributed by atoms with van der Waals surface area (Å²) in [7, 11) is 0. The summed E-state index contributed by atoms with van der Waals surface area (Å²) in [5, 5.41) is 4.00. The Morgan fingerprint density at radius 3 is 2.83 bits per heavy atom. The predicted octanol–water partition coefficient (Wildman–Crippen LogP) is 3.02. The number of para-hydroxylation sites is 1. The lowest BCUT2D eigenvalue weighted by molar-refractivity contribution is -0.124. The Labute approximate surface area is 105 Å². The normalized spacial score (nSPS) is 15.3. The summed E-state index contributed by atoms with van der Waals surface area (Å²) in [5.74, 6) is 1.02. The number of benzene rings is 1. The van der Waals surface area contributed by atoms with E-state index in [-0.39, 0.29) is 11.8 Å². The molecular weight excluding hydrogens is 226 g/mol. The lowest BCUT2D eigenvalue weighted by Gasteiger charge is -2.08. The van der Waals surface area contributed by atoms with Crippen LogP contribution in [-0.2, 0) is 11.3 Å². The summed E-state index contributed by atoms with van der Waals surface area (Å²) >= 11 is 0. The first-order valence-corrected chi connectivity index (χ1v) is 6.23. The first-order chi connectivity index (χ1) is 8.83. The maximum atomic E-state index is 11.8. The quantitative estimate of drug-likeness (QED) is 0.839. The molecule has 0 unspecified atom stereocenters. The van der Waals surface area contributed by atoms with E-state index in [0.717, 1.165) is 29.6 Å². The Hall–Kier alpha value is -2.03. The molecule has 0 radical (unpaired) electrons. The maximum absolute atomic E-state index is 11.8. The van der Waals surface area contributed by atoms with E-state index in [9.17, 15) is 4.79 Å². The molecule has 1 amide bonds. The summed E-state index contributed by atoms with van der Waals surface area (Å²) in [6, 6.07) is 9.83. The number of nitrogens with one attached hydrogen (secondary N) is 1. The smallest absolute Gasteiger partial charge is 0.224 e. The van der Waals surface area contributed by atoms with Gasteiger partial charge in [-0.05, 0) is 25.0 Å². The summed E-state index contributed by atoms with van der Waals surface area (Å²) in [6.07, 6.45) is 5.83. The fourth-order valence-corrected chi connectivity index (χ4v) is 2.27. The minimum absolute atomic E-state index is 0.106. The molecule has 1 aliphatic carbocycles. The lowest BCUT2D eigenvalue weighted by Crippen LogP contribution is -2.28. The van der Waals surface area contributed by atoms with Crippen molar-refractivity contribution in [2.24, 2.45) is 5.92 Å². The summed E-state index contributed by atoms with van der Waals surface area (Å²) in [6.45, 7) is 0.462. The van der Waals surface area contributed by atoms with Crippen LogP contribution in [0.15, 0.2) is 46.9 Å². The first kappa shape index (κ1) is 11.1. The van der Waals surface area contributed by atoms with Gasteiger partial charge >= 0.3 is 0 Å². The lowest BCUT2D eigenvalue weighted by atomic mass is 10.1. The third-order valence-corrected chi connectivity index (χ3v) is 3.29. The zero-order valence-electron chi connectivity index (χ0n) is 10.1. The minimum atomic E-state index is 0.106. The SMILES string of the molecule is O=C(NCc1cc2ccccc2o1)C1CC=CC1.